The number of hydrogen-bond acceptors (Lipinski definition) is 7. The molecule has 10 heteroatoms. The Kier molecular flexibility index (Phi) is 21.4. The van der Waals surface area contributed by atoms with E-state index < -0.39 is 14.0 Å². The molecule has 0 rings (SSSR count). The van der Waals surface area contributed by atoms with Crippen LogP contribution < -0.4 is 24.9 Å². The van der Waals surface area contributed by atoms with E-state index >= 15 is 0 Å². The van der Waals surface area contributed by atoms with Gasteiger partial charge in [0.2, 0.25) is 0 Å². The monoisotopic (exact) mass is 209 g/mol. The quantitative estimate of drug-likeness (QED) is 0.284. The predicted molar refractivity (Wildman–Crippen MR) is 24.5 cm³/mol. The van der Waals surface area contributed by atoms with Crippen molar-refractivity contribution in [2.75, 3.05) is 0 Å². The SMILES string of the molecule is O=C([O-])[O-].O=P([O-])([O-])[O-].[Al+3].[Al+3]. The zero-order valence-electron chi connectivity index (χ0n) is 4.96. The van der Waals surface area contributed by atoms with Crippen LogP contribution in [0.5, 0.6) is 0 Å². The Bertz CT molecular complexity index is 116. The molecule has 0 aliphatic rings. The Morgan fingerprint density at radius 3 is 1.00 bits per heavy atom. The van der Waals surface area contributed by atoms with Crippen LogP contribution in [0.4, 0.5) is 4.79 Å². The average Bonchev–Trinajstić information content (AvgIpc) is 1.19. The van der Waals surface area contributed by atoms with Crippen LogP contribution >= 0.6 is 7.82 Å². The predicted octanol–water partition coefficient (Wildman–Crippen LogP) is -6.03. The van der Waals surface area contributed by atoms with Crippen molar-refractivity contribution in [1.29, 1.82) is 0 Å². The van der Waals surface area contributed by atoms with Crippen molar-refractivity contribution in [2.45, 2.75) is 0 Å². The Morgan fingerprint density at radius 1 is 1.00 bits per heavy atom. The smallest absolute Gasteiger partial charge is 0.822 e. The Morgan fingerprint density at radius 2 is 1.00 bits per heavy atom. The van der Waals surface area contributed by atoms with Gasteiger partial charge in [0.15, 0.2) is 0 Å². The average molecular weight is 209 g/mol. The fourth-order valence-electron chi connectivity index (χ4n) is 0. The first-order valence-electron chi connectivity index (χ1n) is 1.34. The largest absolute Gasteiger partial charge is 3.00 e. The number of carbonyl (C=O) groups excluding carboxylic acids is 1. The van der Waals surface area contributed by atoms with Gasteiger partial charge in [-0.15, -0.1) is 0 Å². The van der Waals surface area contributed by atoms with Gasteiger partial charge in [0.25, 0.3) is 0 Å². The minimum absolute atomic E-state index is 0. The number of hydrogen-bond donors (Lipinski definition) is 0. The van der Waals surface area contributed by atoms with Crippen LogP contribution in [-0.2, 0) is 4.57 Å². The second kappa shape index (κ2) is 10.4. The zero-order valence-corrected chi connectivity index (χ0v) is 8.16. The molecular weight excluding hydrogens is 209 g/mol. The van der Waals surface area contributed by atoms with Crippen LogP contribution in [0.2, 0.25) is 0 Å². The van der Waals surface area contributed by atoms with Crippen molar-refractivity contribution in [3.8, 4) is 0 Å². The summed E-state index contributed by atoms with van der Waals surface area (Å²) in [6.07, 6.45) is -2.33. The van der Waals surface area contributed by atoms with Crippen LogP contribution in [0.1, 0.15) is 0 Å². The van der Waals surface area contributed by atoms with Crippen molar-refractivity contribution in [1.82, 2.24) is 0 Å². The molecule has 7 nitrogen and oxygen atoms in total. The van der Waals surface area contributed by atoms with E-state index in [0.29, 0.717) is 0 Å². The maximum atomic E-state index is 8.55. The molecule has 0 unspecified atom stereocenters. The van der Waals surface area contributed by atoms with Gasteiger partial charge < -0.3 is 34.3 Å². The number of carboxylic acid groups (broad SMARTS) is 2. The molecule has 0 aromatic rings. The van der Waals surface area contributed by atoms with Crippen molar-refractivity contribution in [2.24, 2.45) is 0 Å². The van der Waals surface area contributed by atoms with E-state index in [9.17, 15) is 0 Å². The zero-order chi connectivity index (χ0) is 8.08. The minimum Gasteiger partial charge on any atom is -0.822 e. The first-order chi connectivity index (χ1) is 3.73. The molecule has 0 N–H and O–H groups in total. The number of rotatable bonds is 0. The molecule has 0 aliphatic carbocycles. The van der Waals surface area contributed by atoms with E-state index in [1.165, 1.54) is 0 Å². The summed E-state index contributed by atoms with van der Waals surface area (Å²) in [5, 5.41) is 16.7. The fraction of sp³-hybridized carbons (Fsp3) is 0. The second-order valence-electron chi connectivity index (χ2n) is 0.697. The van der Waals surface area contributed by atoms with Gasteiger partial charge in [-0.1, -0.05) is 0 Å². The summed E-state index contributed by atoms with van der Waals surface area (Å²) in [7, 11) is -5.39. The number of carbonyl (C=O) groups is 1. The molecule has 11 heavy (non-hydrogen) atoms. The molecule has 0 amide bonds. The summed E-state index contributed by atoms with van der Waals surface area (Å²) in [6.45, 7) is 0. The molecule has 0 heterocycles. The third kappa shape index (κ3) is 3760. The topological polar surface area (TPSA) is 149 Å². The molecule has 0 spiro atoms. The van der Waals surface area contributed by atoms with Gasteiger partial charge >= 0.3 is 34.7 Å². The van der Waals surface area contributed by atoms with Gasteiger partial charge in [-0.3, -0.25) is 0 Å². The van der Waals surface area contributed by atoms with Crippen LogP contribution in [0.3, 0.4) is 0 Å². The fourth-order valence-corrected chi connectivity index (χ4v) is 0. The van der Waals surface area contributed by atoms with E-state index in [1.807, 2.05) is 0 Å². The molecule has 0 bridgehead atoms. The Labute approximate surface area is 83.2 Å². The van der Waals surface area contributed by atoms with Crippen LogP contribution in [-0.4, -0.2) is 40.9 Å². The number of phosphoric acid groups is 1. The molecule has 0 aromatic carbocycles. The van der Waals surface area contributed by atoms with Gasteiger partial charge in [-0.2, -0.15) is 7.82 Å². The molecule has 0 saturated carbocycles. The summed E-state index contributed by atoms with van der Waals surface area (Å²) in [5.74, 6) is 0. The van der Waals surface area contributed by atoms with Crippen molar-refractivity contribution < 1.29 is 34.3 Å². The molecule has 0 atom stereocenters. The molecule has 0 saturated heterocycles. The summed E-state index contributed by atoms with van der Waals surface area (Å²) in [6, 6.07) is 0. The van der Waals surface area contributed by atoms with Crippen molar-refractivity contribution in [3.63, 3.8) is 0 Å². The van der Waals surface area contributed by atoms with Gasteiger partial charge in [0.05, 0.1) is 0 Å². The second-order valence-corrected chi connectivity index (χ2v) is 1.59. The van der Waals surface area contributed by atoms with E-state index in [1.54, 1.807) is 0 Å². The Balaban J connectivity index is -0.0000000383. The van der Waals surface area contributed by atoms with Crippen molar-refractivity contribution in [3.05, 3.63) is 0 Å². The summed E-state index contributed by atoms with van der Waals surface area (Å²) in [4.78, 5) is 34.0. The van der Waals surface area contributed by atoms with Gasteiger partial charge in [0, 0.05) is 0 Å². The van der Waals surface area contributed by atoms with E-state index in [2.05, 4.69) is 0 Å². The first kappa shape index (κ1) is 22.5. The van der Waals surface area contributed by atoms with Crippen LogP contribution in [0.15, 0.2) is 0 Å². The normalized spacial score (nSPS) is 7.55. The van der Waals surface area contributed by atoms with Gasteiger partial charge in [-0.25, -0.2) is 0 Å². The third-order valence-electron chi connectivity index (χ3n) is 0. The first-order valence-corrected chi connectivity index (χ1v) is 2.80. The molecule has 0 aromatic heterocycles. The molecule has 0 aliphatic heterocycles. The molecular formula is CAl2O7P+. The maximum absolute atomic E-state index is 8.55. The van der Waals surface area contributed by atoms with E-state index in [0.717, 1.165) is 0 Å². The maximum Gasteiger partial charge on any atom is 3.00 e. The van der Waals surface area contributed by atoms with Crippen LogP contribution in [0, 0.1) is 0 Å². The molecule has 56 valence electrons. The minimum atomic E-state index is -5.39. The van der Waals surface area contributed by atoms with Gasteiger partial charge in [0.1, 0.15) is 0 Å². The third-order valence-corrected chi connectivity index (χ3v) is 0. The molecule has 0 fully saturated rings. The van der Waals surface area contributed by atoms with Gasteiger partial charge in [-0.05, 0) is 6.16 Å². The van der Waals surface area contributed by atoms with Crippen molar-refractivity contribution >= 4 is 48.7 Å². The standard InChI is InChI=1S/CH2O3.2Al.H3O4P/c2-1(3)4;;;1-5(2,3)4/h(H2,2,3,4);;;(H3,1,2,3,4)/q;2*+3;/p-5. The summed E-state index contributed by atoms with van der Waals surface area (Å²) < 4.78 is 8.55. The summed E-state index contributed by atoms with van der Waals surface area (Å²) in [5.41, 5.74) is 0. The van der Waals surface area contributed by atoms with E-state index in [-0.39, 0.29) is 34.7 Å². The van der Waals surface area contributed by atoms with E-state index in [4.69, 9.17) is 34.3 Å². The van der Waals surface area contributed by atoms with Crippen LogP contribution in [0.25, 0.3) is 0 Å². The summed E-state index contributed by atoms with van der Waals surface area (Å²) >= 11 is 0. The molecule has 0 radical (unpaired) electrons. The Hall–Kier alpha value is 0.445.